The fraction of sp³-hybridized carbons (Fsp3) is 0.462. The Morgan fingerprint density at radius 2 is 1.42 bits per heavy atom. The second-order valence-electron chi connectivity index (χ2n) is 8.30. The molecule has 10 nitrogen and oxygen atoms in total. The number of hydrogen-bond donors (Lipinski definition) is 1. The van der Waals surface area contributed by atoms with Crippen LogP contribution in [-0.2, 0) is 30.3 Å². The average molecular weight is 500 g/mol. The Kier molecular flexibility index (Phi) is 9.24. The van der Waals surface area contributed by atoms with Crippen LogP contribution in [0.5, 0.6) is 0 Å². The predicted octanol–water partition coefficient (Wildman–Crippen LogP) is 2.67. The largest absolute Gasteiger partial charge is 0.462 e. The summed E-state index contributed by atoms with van der Waals surface area (Å²) in [5.41, 5.74) is 7.82. The van der Waals surface area contributed by atoms with Gasteiger partial charge in [-0.15, -0.1) is 0 Å². The van der Waals surface area contributed by atoms with Crippen molar-refractivity contribution in [3.8, 4) is 11.1 Å². The Morgan fingerprint density at radius 3 is 1.89 bits per heavy atom. The Morgan fingerprint density at radius 1 is 0.889 bits per heavy atom. The number of nitrogens with two attached hydrogens (primary N) is 1. The fourth-order valence-electron chi connectivity index (χ4n) is 4.22. The minimum Gasteiger partial charge on any atom is -0.462 e. The van der Waals surface area contributed by atoms with Gasteiger partial charge in [-0.05, 0) is 50.3 Å². The summed E-state index contributed by atoms with van der Waals surface area (Å²) in [4.78, 5) is 57.7. The molecular weight excluding hydrogens is 466 g/mol. The number of amides is 2. The summed E-state index contributed by atoms with van der Waals surface area (Å²) < 4.78 is 10.3. The smallest absolute Gasteiger partial charge is 0.340 e. The summed E-state index contributed by atoms with van der Waals surface area (Å²) in [7, 11) is 0. The predicted molar refractivity (Wildman–Crippen MR) is 132 cm³/mol. The van der Waals surface area contributed by atoms with E-state index in [1.54, 1.807) is 49.9 Å². The molecule has 0 aromatic rings. The molecule has 10 heteroatoms. The molecule has 1 saturated heterocycles. The number of rotatable bonds is 10. The minimum absolute atomic E-state index is 0.000968. The highest BCUT2D eigenvalue weighted by molar-refractivity contribution is 6.15. The number of hydrogen-bond acceptors (Lipinski definition) is 8. The topological polar surface area (TPSA) is 128 Å². The molecule has 0 aromatic heterocycles. The summed E-state index contributed by atoms with van der Waals surface area (Å²) in [5, 5.41) is 1.17. The molecule has 194 valence electrons. The molecule has 0 aromatic carbocycles. The summed E-state index contributed by atoms with van der Waals surface area (Å²) in [6.07, 6.45) is 1.94. The van der Waals surface area contributed by atoms with Gasteiger partial charge in [-0.1, -0.05) is 24.3 Å². The van der Waals surface area contributed by atoms with E-state index in [4.69, 9.17) is 20.0 Å². The van der Waals surface area contributed by atoms with Crippen LogP contribution in [0.4, 0.5) is 5.69 Å². The number of likely N-dealkylation sites (tertiary alicyclic amines) is 1. The van der Waals surface area contributed by atoms with Crippen LogP contribution < -0.4 is 5.73 Å². The van der Waals surface area contributed by atoms with Crippen LogP contribution >= 0.6 is 0 Å². The monoisotopic (exact) mass is 499 g/mol. The zero-order chi connectivity index (χ0) is 26.2. The third-order valence-electron chi connectivity index (χ3n) is 5.98. The second kappa shape index (κ2) is 12.3. The summed E-state index contributed by atoms with van der Waals surface area (Å²) >= 11 is 0. The molecule has 0 saturated carbocycles. The molecule has 3 rings (SSSR count). The number of likely N-dealkylation sites (N-methyl/N-ethyl adjacent to an activating group) is 1. The van der Waals surface area contributed by atoms with Gasteiger partial charge in [-0.3, -0.25) is 14.4 Å². The Hall–Kier alpha value is -3.66. The van der Waals surface area contributed by atoms with Crippen LogP contribution in [-0.4, -0.2) is 73.2 Å². The highest BCUT2D eigenvalue weighted by Gasteiger charge is 2.31. The number of hydroxylamine groups is 2. The van der Waals surface area contributed by atoms with Crippen molar-refractivity contribution in [1.29, 1.82) is 0 Å². The number of ether oxygens (including phenoxy) is 2. The maximum atomic E-state index is 12.9. The van der Waals surface area contributed by atoms with Crippen molar-refractivity contribution in [3.63, 3.8) is 0 Å². The Bertz CT molecular complexity index is 1040. The van der Waals surface area contributed by atoms with Crippen molar-refractivity contribution in [2.24, 2.45) is 0 Å². The molecule has 0 radical (unpaired) electrons. The van der Waals surface area contributed by atoms with E-state index in [9.17, 15) is 19.2 Å². The number of carbonyl (C=O) groups is 4. The number of carbonyl (C=O) groups excluding carboxylic acids is 4. The van der Waals surface area contributed by atoms with Crippen LogP contribution in [0.3, 0.4) is 0 Å². The van der Waals surface area contributed by atoms with E-state index >= 15 is 0 Å². The third kappa shape index (κ3) is 5.93. The molecule has 1 fully saturated rings. The van der Waals surface area contributed by atoms with Gasteiger partial charge in [-0.25, -0.2) is 14.7 Å². The van der Waals surface area contributed by atoms with Crippen molar-refractivity contribution < 1.29 is 33.5 Å². The van der Waals surface area contributed by atoms with Crippen molar-refractivity contribution >= 4 is 29.4 Å². The van der Waals surface area contributed by atoms with Crippen LogP contribution in [0.2, 0.25) is 0 Å². The molecule has 2 N–H and O–H groups in total. The Balaban J connectivity index is 1.84. The van der Waals surface area contributed by atoms with Gasteiger partial charge in [0.1, 0.15) is 0 Å². The van der Waals surface area contributed by atoms with Gasteiger partial charge in [0.15, 0.2) is 6.61 Å². The molecule has 2 aliphatic carbocycles. The minimum atomic E-state index is -0.646. The maximum Gasteiger partial charge on any atom is 0.340 e. The van der Waals surface area contributed by atoms with Gasteiger partial charge in [-0.2, -0.15) is 0 Å². The zero-order valence-electron chi connectivity index (χ0n) is 21.0. The van der Waals surface area contributed by atoms with Gasteiger partial charge >= 0.3 is 11.9 Å². The summed E-state index contributed by atoms with van der Waals surface area (Å²) in [6.45, 7) is 6.91. The standard InChI is InChI=1S/C26H33N3O7/c1-4-29(36-16-21(31)28-13-7-8-14-28)20(30)15-17-9-11-18-19(12-10-17)23(26(33)35-6-3)24(27)22(18)25(32)34-5-2/h9-12H,4-8,13-16,27H2,1-3H3. The van der Waals surface area contributed by atoms with Crippen molar-refractivity contribution in [3.05, 3.63) is 41.0 Å². The average Bonchev–Trinajstić information content (AvgIpc) is 3.43. The van der Waals surface area contributed by atoms with E-state index in [0.29, 0.717) is 29.8 Å². The molecule has 0 atom stereocenters. The van der Waals surface area contributed by atoms with E-state index in [0.717, 1.165) is 12.8 Å². The van der Waals surface area contributed by atoms with Gasteiger partial charge < -0.3 is 20.1 Å². The van der Waals surface area contributed by atoms with E-state index in [1.807, 2.05) is 0 Å². The van der Waals surface area contributed by atoms with Crippen LogP contribution in [0.15, 0.2) is 24.3 Å². The molecule has 36 heavy (non-hydrogen) atoms. The van der Waals surface area contributed by atoms with Gasteiger partial charge in [0.05, 0.1) is 36.4 Å². The lowest BCUT2D eigenvalue weighted by molar-refractivity contribution is -0.188. The molecule has 0 bridgehead atoms. The first kappa shape index (κ1) is 26.9. The molecule has 0 spiro atoms. The van der Waals surface area contributed by atoms with Crippen LogP contribution in [0.25, 0.3) is 11.1 Å². The number of nitrogen functional groups attached to an aromatic ring is 1. The first-order chi connectivity index (χ1) is 17.3. The molecular formula is C26H33N3O7. The first-order valence-corrected chi connectivity index (χ1v) is 12.2. The Labute approximate surface area is 210 Å². The molecule has 1 heterocycles. The van der Waals surface area contributed by atoms with Gasteiger partial charge in [0.2, 0.25) is 0 Å². The van der Waals surface area contributed by atoms with Crippen molar-refractivity contribution in [1.82, 2.24) is 9.96 Å². The molecule has 1 aliphatic heterocycles. The molecule has 3 aliphatic rings. The highest BCUT2D eigenvalue weighted by atomic mass is 16.7. The lowest BCUT2D eigenvalue weighted by atomic mass is 10.1. The van der Waals surface area contributed by atoms with Crippen LogP contribution in [0.1, 0.15) is 59.9 Å². The summed E-state index contributed by atoms with van der Waals surface area (Å²) in [6, 6.07) is 6.63. The maximum absolute atomic E-state index is 12.9. The highest BCUT2D eigenvalue weighted by Crippen LogP contribution is 2.39. The number of fused-ring (bicyclic) bond motifs is 1. The van der Waals surface area contributed by atoms with E-state index in [2.05, 4.69) is 0 Å². The van der Waals surface area contributed by atoms with E-state index in [1.165, 1.54) is 5.06 Å². The lowest BCUT2D eigenvalue weighted by Crippen LogP contribution is -2.38. The quantitative estimate of drug-likeness (QED) is 0.390. The normalized spacial score (nSPS) is 13.0. The number of esters is 2. The third-order valence-corrected chi connectivity index (χ3v) is 5.98. The lowest BCUT2D eigenvalue weighted by Gasteiger charge is -2.22. The number of nitrogens with zero attached hydrogens (tertiary/aromatic N) is 2. The first-order valence-electron chi connectivity index (χ1n) is 12.2. The molecule has 2 amide bonds. The van der Waals surface area contributed by atoms with Crippen LogP contribution in [0, 0.1) is 0 Å². The van der Waals surface area contributed by atoms with Crippen molar-refractivity contribution in [2.75, 3.05) is 45.2 Å². The van der Waals surface area contributed by atoms with E-state index < -0.39 is 11.9 Å². The fourth-order valence-corrected chi connectivity index (χ4v) is 4.22. The number of anilines is 1. The molecule has 0 unspecified atom stereocenters. The zero-order valence-corrected chi connectivity index (χ0v) is 21.0. The SMILES string of the molecule is CCOC(=O)c1c2ccc(CC(=O)N(CC)OCC(=O)N3CCCC3)ccc-2c(C(=O)OCC)c1N. The summed E-state index contributed by atoms with van der Waals surface area (Å²) in [5.74, 6) is -1.76. The second-order valence-corrected chi connectivity index (χ2v) is 8.30. The van der Waals surface area contributed by atoms with Gasteiger partial charge in [0.25, 0.3) is 11.8 Å². The van der Waals surface area contributed by atoms with E-state index in [-0.39, 0.29) is 61.4 Å². The van der Waals surface area contributed by atoms with Gasteiger partial charge in [0, 0.05) is 19.6 Å². The van der Waals surface area contributed by atoms with Crippen molar-refractivity contribution in [2.45, 2.75) is 40.0 Å².